The summed E-state index contributed by atoms with van der Waals surface area (Å²) < 4.78 is 29.8. The largest absolute Gasteiger partial charge is 0.493 e. The molecule has 0 bridgehead atoms. The van der Waals surface area contributed by atoms with Gasteiger partial charge in [-0.1, -0.05) is 12.1 Å². The van der Waals surface area contributed by atoms with E-state index in [4.69, 9.17) is 14.2 Å². The molecule has 0 spiro atoms. The average molecular weight is 534 g/mol. The molecule has 9 heteroatoms. The lowest BCUT2D eigenvalue weighted by atomic mass is 10.0. The number of nitrogens with one attached hydrogen (secondary N) is 1. The quantitative estimate of drug-likeness (QED) is 0.277. The Bertz CT molecular complexity index is 1190. The topological polar surface area (TPSA) is 73.9 Å². The molecule has 6 nitrogen and oxygen atoms in total. The van der Waals surface area contributed by atoms with Crippen molar-refractivity contribution in [3.8, 4) is 22.6 Å². The minimum absolute atomic E-state index is 0.180. The summed E-state index contributed by atoms with van der Waals surface area (Å²) in [5.74, 6) is -0.323. The average Bonchev–Trinajstić information content (AvgIpc) is 3.21. The maximum Gasteiger partial charge on any atom is 0.341 e. The van der Waals surface area contributed by atoms with Gasteiger partial charge in [0, 0.05) is 17.0 Å². The predicted molar refractivity (Wildman–Crippen MR) is 131 cm³/mol. The zero-order valence-electron chi connectivity index (χ0n) is 18.1. The molecule has 3 aromatic rings. The second-order valence-corrected chi connectivity index (χ2v) is 8.38. The van der Waals surface area contributed by atoms with Crippen LogP contribution >= 0.6 is 27.3 Å². The zero-order chi connectivity index (χ0) is 24.0. The molecule has 0 aliphatic heterocycles. The number of ether oxygens (including phenoxy) is 3. The van der Waals surface area contributed by atoms with Crippen LogP contribution in [0.15, 0.2) is 52.3 Å². The molecule has 0 saturated heterocycles. The molecule has 0 fully saturated rings. The Morgan fingerprint density at radius 2 is 1.88 bits per heavy atom. The standard InChI is InChI=1S/C24H21BrFNO5S/c1-4-32-24(29)21-17(15-6-8-16(26)9-7-15)13-33-23(21)27-20(28)10-5-14-11-18(25)22(31-3)19(12-14)30-2/h5-13H,4H2,1-3H3,(H,27,28). The highest BCUT2D eigenvalue weighted by Gasteiger charge is 2.22. The lowest BCUT2D eigenvalue weighted by Gasteiger charge is -2.10. The first-order valence-corrected chi connectivity index (χ1v) is 11.5. The van der Waals surface area contributed by atoms with Gasteiger partial charge in [-0.05, 0) is 64.3 Å². The number of esters is 1. The van der Waals surface area contributed by atoms with E-state index < -0.39 is 11.9 Å². The van der Waals surface area contributed by atoms with Gasteiger partial charge in [-0.3, -0.25) is 4.79 Å². The van der Waals surface area contributed by atoms with Gasteiger partial charge in [-0.2, -0.15) is 0 Å². The number of benzene rings is 2. The fraction of sp³-hybridized carbons (Fsp3) is 0.167. The predicted octanol–water partition coefficient (Wildman–Crippen LogP) is 6.16. The summed E-state index contributed by atoms with van der Waals surface area (Å²) in [7, 11) is 3.06. The Kier molecular flexibility index (Phi) is 8.24. The summed E-state index contributed by atoms with van der Waals surface area (Å²) in [6, 6.07) is 9.28. The zero-order valence-corrected chi connectivity index (χ0v) is 20.5. The number of rotatable bonds is 8. The van der Waals surface area contributed by atoms with Crippen molar-refractivity contribution in [2.75, 3.05) is 26.1 Å². The number of anilines is 1. The van der Waals surface area contributed by atoms with E-state index in [9.17, 15) is 14.0 Å². The number of methoxy groups -OCH3 is 2. The second-order valence-electron chi connectivity index (χ2n) is 6.64. The highest BCUT2D eigenvalue weighted by atomic mass is 79.9. The second kappa shape index (κ2) is 11.1. The van der Waals surface area contributed by atoms with E-state index in [0.717, 1.165) is 0 Å². The maximum absolute atomic E-state index is 13.3. The smallest absolute Gasteiger partial charge is 0.341 e. The van der Waals surface area contributed by atoms with Gasteiger partial charge in [0.25, 0.3) is 0 Å². The van der Waals surface area contributed by atoms with E-state index >= 15 is 0 Å². The lowest BCUT2D eigenvalue weighted by molar-refractivity contribution is -0.111. The van der Waals surface area contributed by atoms with Crippen LogP contribution in [0, 0.1) is 5.82 Å². The van der Waals surface area contributed by atoms with Gasteiger partial charge < -0.3 is 19.5 Å². The van der Waals surface area contributed by atoms with Crippen molar-refractivity contribution in [2.24, 2.45) is 0 Å². The third-order valence-corrected chi connectivity index (χ3v) is 6.03. The van der Waals surface area contributed by atoms with Gasteiger partial charge >= 0.3 is 5.97 Å². The van der Waals surface area contributed by atoms with Crippen LogP contribution in [0.3, 0.4) is 0 Å². The Hall–Kier alpha value is -3.17. The summed E-state index contributed by atoms with van der Waals surface area (Å²) in [5, 5.41) is 4.81. The molecule has 2 aromatic carbocycles. The monoisotopic (exact) mass is 533 g/mol. The number of carbonyl (C=O) groups excluding carboxylic acids is 2. The molecule has 1 aromatic heterocycles. The normalized spacial score (nSPS) is 10.8. The molecule has 0 unspecified atom stereocenters. The molecule has 1 heterocycles. The molecule has 0 aliphatic rings. The van der Waals surface area contributed by atoms with E-state index in [0.29, 0.717) is 37.7 Å². The highest BCUT2D eigenvalue weighted by molar-refractivity contribution is 9.10. The van der Waals surface area contributed by atoms with Crippen LogP contribution in [0.4, 0.5) is 9.39 Å². The summed E-state index contributed by atoms with van der Waals surface area (Å²) in [5.41, 5.74) is 2.13. The van der Waals surface area contributed by atoms with Crippen LogP contribution < -0.4 is 14.8 Å². The molecular weight excluding hydrogens is 513 g/mol. The fourth-order valence-corrected chi connectivity index (χ4v) is 4.64. The van der Waals surface area contributed by atoms with Crippen LogP contribution in [-0.2, 0) is 9.53 Å². The SMILES string of the molecule is CCOC(=O)c1c(-c2ccc(F)cc2)csc1NC(=O)C=Cc1cc(Br)c(OC)c(OC)c1. The van der Waals surface area contributed by atoms with E-state index in [1.807, 2.05) is 0 Å². The number of carbonyl (C=O) groups is 2. The lowest BCUT2D eigenvalue weighted by Crippen LogP contribution is -2.12. The van der Waals surface area contributed by atoms with Crippen LogP contribution in [0.2, 0.25) is 0 Å². The third-order valence-electron chi connectivity index (χ3n) is 4.55. The Labute approximate surface area is 203 Å². The van der Waals surface area contributed by atoms with Crippen LogP contribution in [0.1, 0.15) is 22.8 Å². The molecule has 0 atom stereocenters. The van der Waals surface area contributed by atoms with Gasteiger partial charge in [0.15, 0.2) is 11.5 Å². The van der Waals surface area contributed by atoms with Crippen LogP contribution in [0.25, 0.3) is 17.2 Å². The molecule has 172 valence electrons. The summed E-state index contributed by atoms with van der Waals surface area (Å²) >= 11 is 4.61. The summed E-state index contributed by atoms with van der Waals surface area (Å²) in [6.45, 7) is 1.88. The van der Waals surface area contributed by atoms with E-state index in [1.165, 1.54) is 43.8 Å². The molecule has 0 aliphatic carbocycles. The Morgan fingerprint density at radius 1 is 1.15 bits per heavy atom. The van der Waals surface area contributed by atoms with Crippen molar-refractivity contribution in [1.29, 1.82) is 0 Å². The van der Waals surface area contributed by atoms with E-state index in [-0.39, 0.29) is 18.0 Å². The van der Waals surface area contributed by atoms with Gasteiger partial charge in [-0.15, -0.1) is 11.3 Å². The molecule has 0 radical (unpaired) electrons. The first-order valence-electron chi connectivity index (χ1n) is 9.83. The maximum atomic E-state index is 13.3. The van der Waals surface area contributed by atoms with Crippen molar-refractivity contribution in [3.05, 3.63) is 69.3 Å². The third kappa shape index (κ3) is 5.80. The van der Waals surface area contributed by atoms with Crippen molar-refractivity contribution in [2.45, 2.75) is 6.92 Å². The number of halogens is 2. The van der Waals surface area contributed by atoms with Gasteiger partial charge in [0.2, 0.25) is 5.91 Å². The Morgan fingerprint density at radius 3 is 2.52 bits per heavy atom. The van der Waals surface area contributed by atoms with Crippen molar-refractivity contribution >= 4 is 50.2 Å². The van der Waals surface area contributed by atoms with Crippen molar-refractivity contribution in [3.63, 3.8) is 0 Å². The number of thiophene rings is 1. The first-order chi connectivity index (χ1) is 15.9. The molecule has 0 saturated carbocycles. The molecule has 1 amide bonds. The van der Waals surface area contributed by atoms with Crippen LogP contribution in [-0.4, -0.2) is 32.7 Å². The number of amides is 1. The minimum Gasteiger partial charge on any atom is -0.493 e. The molecule has 3 rings (SSSR count). The fourth-order valence-electron chi connectivity index (χ4n) is 3.06. The number of hydrogen-bond donors (Lipinski definition) is 1. The van der Waals surface area contributed by atoms with Crippen molar-refractivity contribution < 1.29 is 28.2 Å². The minimum atomic E-state index is -0.568. The van der Waals surface area contributed by atoms with Gasteiger partial charge in [0.1, 0.15) is 16.4 Å². The molecular formula is C24H21BrFNO5S. The molecule has 1 N–H and O–H groups in total. The summed E-state index contributed by atoms with van der Waals surface area (Å²) in [4.78, 5) is 25.2. The number of hydrogen-bond acceptors (Lipinski definition) is 6. The van der Waals surface area contributed by atoms with Gasteiger partial charge in [-0.25, -0.2) is 9.18 Å². The highest BCUT2D eigenvalue weighted by Crippen LogP contribution is 2.37. The van der Waals surface area contributed by atoms with E-state index in [1.54, 1.807) is 42.6 Å². The van der Waals surface area contributed by atoms with Crippen molar-refractivity contribution in [1.82, 2.24) is 0 Å². The molecule has 33 heavy (non-hydrogen) atoms. The summed E-state index contributed by atoms with van der Waals surface area (Å²) in [6.07, 6.45) is 2.96. The van der Waals surface area contributed by atoms with Gasteiger partial charge in [0.05, 0.1) is 25.3 Å². The first kappa shape index (κ1) is 24.5. The van der Waals surface area contributed by atoms with E-state index in [2.05, 4.69) is 21.2 Å². The Balaban J connectivity index is 1.87. The van der Waals surface area contributed by atoms with Crippen LogP contribution in [0.5, 0.6) is 11.5 Å².